The summed E-state index contributed by atoms with van der Waals surface area (Å²) in [6.07, 6.45) is 0.863. The van der Waals surface area contributed by atoms with Gasteiger partial charge in [-0.25, -0.2) is 4.98 Å². The highest BCUT2D eigenvalue weighted by atomic mass is 32.1. The highest BCUT2D eigenvalue weighted by Crippen LogP contribution is 2.31. The number of aryl methyl sites for hydroxylation is 1. The molecule has 0 radical (unpaired) electrons. The molecule has 1 aliphatic heterocycles. The molecule has 4 rings (SSSR count). The molecule has 0 atom stereocenters. The Morgan fingerprint density at radius 3 is 2.67 bits per heavy atom. The van der Waals surface area contributed by atoms with E-state index in [0.717, 1.165) is 45.5 Å². The Morgan fingerprint density at radius 1 is 1.13 bits per heavy atom. The van der Waals surface area contributed by atoms with Gasteiger partial charge in [0.2, 0.25) is 0 Å². The summed E-state index contributed by atoms with van der Waals surface area (Å²) in [6.45, 7) is 6.14. The number of nitrogens with zero attached hydrogens (tertiary/aromatic N) is 1. The lowest BCUT2D eigenvalue weighted by Gasteiger charge is -2.10. The van der Waals surface area contributed by atoms with Crippen molar-refractivity contribution in [2.45, 2.75) is 26.8 Å². The van der Waals surface area contributed by atoms with Gasteiger partial charge in [-0.3, -0.25) is 4.79 Å². The minimum Gasteiger partial charge on any atom is -0.494 e. The number of thiazole rings is 1. The van der Waals surface area contributed by atoms with Gasteiger partial charge in [-0.2, -0.15) is 0 Å². The number of hydrogen-bond donors (Lipinski definition) is 1. The van der Waals surface area contributed by atoms with Gasteiger partial charge in [0, 0.05) is 18.5 Å². The summed E-state index contributed by atoms with van der Waals surface area (Å²) < 4.78 is 16.9. The molecule has 0 spiro atoms. The van der Waals surface area contributed by atoms with Crippen LogP contribution in [0.4, 0.5) is 0 Å². The summed E-state index contributed by atoms with van der Waals surface area (Å²) in [5, 5.41) is 3.80. The Labute approximate surface area is 179 Å². The van der Waals surface area contributed by atoms with E-state index >= 15 is 0 Å². The van der Waals surface area contributed by atoms with E-state index in [1.54, 1.807) is 0 Å². The number of carbonyl (C=O) groups excluding carboxylic acids is 1. The molecule has 0 bridgehead atoms. The first-order valence-electron chi connectivity index (χ1n) is 10.0. The minimum atomic E-state index is -0.130. The zero-order valence-corrected chi connectivity index (χ0v) is 17.9. The van der Waals surface area contributed by atoms with E-state index in [1.165, 1.54) is 11.3 Å². The minimum absolute atomic E-state index is 0.130. The van der Waals surface area contributed by atoms with Crippen LogP contribution in [0.25, 0.3) is 10.6 Å². The largest absolute Gasteiger partial charge is 0.494 e. The molecule has 1 amide bonds. The second-order valence-corrected chi connectivity index (χ2v) is 7.90. The van der Waals surface area contributed by atoms with Gasteiger partial charge < -0.3 is 19.5 Å². The van der Waals surface area contributed by atoms with Crippen LogP contribution in [0.15, 0.2) is 42.5 Å². The van der Waals surface area contributed by atoms with E-state index in [4.69, 9.17) is 14.2 Å². The van der Waals surface area contributed by atoms with Crippen molar-refractivity contribution in [2.24, 2.45) is 0 Å². The van der Waals surface area contributed by atoms with Crippen molar-refractivity contribution in [3.8, 4) is 27.8 Å². The van der Waals surface area contributed by atoms with Gasteiger partial charge in [0.15, 0.2) is 11.5 Å². The lowest BCUT2D eigenvalue weighted by atomic mass is 10.2. The third-order valence-corrected chi connectivity index (χ3v) is 5.89. The molecule has 0 unspecified atom stereocenters. The van der Waals surface area contributed by atoms with E-state index < -0.39 is 0 Å². The molecule has 2 aromatic carbocycles. The summed E-state index contributed by atoms with van der Waals surface area (Å²) in [5.41, 5.74) is 2.65. The molecule has 30 heavy (non-hydrogen) atoms. The molecule has 2 heterocycles. The van der Waals surface area contributed by atoms with Gasteiger partial charge in [0.05, 0.1) is 25.5 Å². The molecule has 6 nitrogen and oxygen atoms in total. The van der Waals surface area contributed by atoms with E-state index in [9.17, 15) is 4.79 Å². The number of aromatic nitrogens is 1. The van der Waals surface area contributed by atoms with Crippen molar-refractivity contribution in [1.29, 1.82) is 0 Å². The number of rotatable bonds is 6. The number of nitrogens with one attached hydrogen (secondary N) is 1. The van der Waals surface area contributed by atoms with Gasteiger partial charge in [-0.1, -0.05) is 6.07 Å². The molecule has 7 heteroatoms. The number of carbonyl (C=O) groups is 1. The number of amides is 1. The fraction of sp³-hybridized carbons (Fsp3) is 0.304. The van der Waals surface area contributed by atoms with Crippen LogP contribution in [-0.4, -0.2) is 30.7 Å². The van der Waals surface area contributed by atoms with Crippen molar-refractivity contribution in [1.82, 2.24) is 10.3 Å². The smallest absolute Gasteiger partial charge is 0.263 e. The number of ether oxygens (including phenoxy) is 3. The third kappa shape index (κ3) is 4.57. The molecule has 0 fully saturated rings. The zero-order valence-electron chi connectivity index (χ0n) is 17.1. The first-order valence-corrected chi connectivity index (χ1v) is 10.8. The molecule has 3 aromatic rings. The van der Waals surface area contributed by atoms with Crippen LogP contribution in [0, 0.1) is 6.92 Å². The van der Waals surface area contributed by atoms with Crippen molar-refractivity contribution < 1.29 is 19.0 Å². The van der Waals surface area contributed by atoms with Crippen molar-refractivity contribution in [2.75, 3.05) is 19.8 Å². The number of benzene rings is 2. The lowest BCUT2D eigenvalue weighted by Crippen LogP contribution is -2.22. The van der Waals surface area contributed by atoms with E-state index in [0.29, 0.717) is 31.2 Å². The van der Waals surface area contributed by atoms with Crippen molar-refractivity contribution in [3.05, 3.63) is 58.6 Å². The molecule has 1 aromatic heterocycles. The fourth-order valence-corrected chi connectivity index (χ4v) is 4.16. The van der Waals surface area contributed by atoms with Crippen LogP contribution in [0.1, 0.15) is 34.3 Å². The standard InChI is InChI=1S/C23H24N2O4S/c1-3-27-18-8-6-17(7-9-18)23-25-15(2)21(30-23)22(26)24-14-16-5-10-19-20(13-16)29-12-4-11-28-19/h5-10,13H,3-4,11-12,14H2,1-2H3,(H,24,26). The Bertz CT molecular complexity index is 1030. The second-order valence-electron chi connectivity index (χ2n) is 6.91. The molecule has 0 aliphatic carbocycles. The summed E-state index contributed by atoms with van der Waals surface area (Å²) in [7, 11) is 0. The molecular weight excluding hydrogens is 400 g/mol. The van der Waals surface area contributed by atoms with E-state index in [-0.39, 0.29) is 5.91 Å². The van der Waals surface area contributed by atoms with Crippen LogP contribution < -0.4 is 19.5 Å². The zero-order chi connectivity index (χ0) is 20.9. The Hall–Kier alpha value is -3.06. The molecule has 1 N–H and O–H groups in total. The molecule has 0 saturated carbocycles. The number of fused-ring (bicyclic) bond motifs is 1. The highest BCUT2D eigenvalue weighted by Gasteiger charge is 2.17. The SMILES string of the molecule is CCOc1ccc(-c2nc(C)c(C(=O)NCc3ccc4c(c3)OCCCO4)s2)cc1. The van der Waals surface area contributed by atoms with Crippen LogP contribution >= 0.6 is 11.3 Å². The summed E-state index contributed by atoms with van der Waals surface area (Å²) in [5.74, 6) is 2.17. The first-order chi connectivity index (χ1) is 14.6. The lowest BCUT2D eigenvalue weighted by molar-refractivity contribution is 0.0954. The molecule has 0 saturated heterocycles. The van der Waals surface area contributed by atoms with Crippen molar-refractivity contribution >= 4 is 17.2 Å². The predicted molar refractivity (Wildman–Crippen MR) is 117 cm³/mol. The number of hydrogen-bond acceptors (Lipinski definition) is 6. The average molecular weight is 425 g/mol. The maximum absolute atomic E-state index is 12.7. The third-order valence-electron chi connectivity index (χ3n) is 4.68. The molecule has 156 valence electrons. The van der Waals surface area contributed by atoms with E-state index in [1.807, 2.05) is 56.3 Å². The summed E-state index contributed by atoms with van der Waals surface area (Å²) in [6, 6.07) is 13.5. The highest BCUT2D eigenvalue weighted by molar-refractivity contribution is 7.17. The average Bonchev–Trinajstić information content (AvgIpc) is 3.00. The van der Waals surface area contributed by atoms with Gasteiger partial charge in [-0.15, -0.1) is 11.3 Å². The second kappa shape index (κ2) is 9.17. The van der Waals surface area contributed by atoms with Gasteiger partial charge in [0.1, 0.15) is 15.6 Å². The summed E-state index contributed by atoms with van der Waals surface area (Å²) in [4.78, 5) is 17.9. The normalized spacial score (nSPS) is 12.9. The monoisotopic (exact) mass is 424 g/mol. The Kier molecular flexibility index (Phi) is 6.18. The van der Waals surface area contributed by atoms with Gasteiger partial charge in [0.25, 0.3) is 5.91 Å². The summed E-state index contributed by atoms with van der Waals surface area (Å²) >= 11 is 1.39. The van der Waals surface area contributed by atoms with Crippen LogP contribution in [0.2, 0.25) is 0 Å². The van der Waals surface area contributed by atoms with Crippen molar-refractivity contribution in [3.63, 3.8) is 0 Å². The maximum atomic E-state index is 12.7. The van der Waals surface area contributed by atoms with Crippen LogP contribution in [-0.2, 0) is 6.54 Å². The Morgan fingerprint density at radius 2 is 1.90 bits per heavy atom. The maximum Gasteiger partial charge on any atom is 0.263 e. The quantitative estimate of drug-likeness (QED) is 0.626. The topological polar surface area (TPSA) is 69.7 Å². The first kappa shape index (κ1) is 20.2. The van der Waals surface area contributed by atoms with Crippen LogP contribution in [0.3, 0.4) is 0 Å². The Balaban J connectivity index is 1.43. The molecular formula is C23H24N2O4S. The fourth-order valence-electron chi connectivity index (χ4n) is 3.17. The van der Waals surface area contributed by atoms with Gasteiger partial charge >= 0.3 is 0 Å². The van der Waals surface area contributed by atoms with Crippen LogP contribution in [0.5, 0.6) is 17.2 Å². The molecule has 1 aliphatic rings. The van der Waals surface area contributed by atoms with Gasteiger partial charge in [-0.05, 0) is 55.8 Å². The predicted octanol–water partition coefficient (Wildman–Crippen LogP) is 4.61. The van der Waals surface area contributed by atoms with E-state index in [2.05, 4.69) is 10.3 Å².